The smallest absolute Gasteiger partial charge is 0.270 e. The van der Waals surface area contributed by atoms with Crippen molar-refractivity contribution < 1.29 is 9.72 Å². The molecule has 0 aromatic heterocycles. The van der Waals surface area contributed by atoms with Gasteiger partial charge in [-0.3, -0.25) is 14.9 Å². The van der Waals surface area contributed by atoms with Crippen molar-refractivity contribution in [1.82, 2.24) is 5.32 Å². The average molecular weight is 333 g/mol. The minimum atomic E-state index is -0.550. The molecule has 0 aliphatic carbocycles. The molecule has 1 atom stereocenters. The third-order valence-corrected chi connectivity index (χ3v) is 3.96. The van der Waals surface area contributed by atoms with Crippen LogP contribution < -0.4 is 5.32 Å². The maximum Gasteiger partial charge on any atom is 0.270 e. The number of carbonyl (C=O) groups is 1. The summed E-state index contributed by atoms with van der Waals surface area (Å²) in [6, 6.07) is 11.6. The molecular weight excluding hydrogens is 316 g/mol. The summed E-state index contributed by atoms with van der Waals surface area (Å²) in [6.07, 6.45) is 0.958. The van der Waals surface area contributed by atoms with E-state index in [1.807, 2.05) is 31.2 Å². The number of nitrogens with zero attached hydrogens (tertiary/aromatic N) is 1. The number of amides is 1. The van der Waals surface area contributed by atoms with Gasteiger partial charge in [-0.05, 0) is 30.5 Å². The zero-order valence-electron chi connectivity index (χ0n) is 12.9. The Morgan fingerprint density at radius 1 is 1.26 bits per heavy atom. The van der Waals surface area contributed by atoms with Crippen molar-refractivity contribution in [1.29, 1.82) is 0 Å². The lowest BCUT2D eigenvalue weighted by molar-refractivity contribution is -0.384. The molecule has 23 heavy (non-hydrogen) atoms. The number of nitro groups is 1. The molecule has 2 aromatic rings. The zero-order valence-corrected chi connectivity index (χ0v) is 13.6. The molecule has 0 fully saturated rings. The van der Waals surface area contributed by atoms with Gasteiger partial charge in [-0.1, -0.05) is 42.8 Å². The number of rotatable bonds is 5. The number of hydrogen-bond donors (Lipinski definition) is 1. The number of carbonyl (C=O) groups excluding carboxylic acids is 1. The van der Waals surface area contributed by atoms with Gasteiger partial charge in [-0.15, -0.1) is 0 Å². The maximum atomic E-state index is 12.3. The number of nitrogens with one attached hydrogen (secondary N) is 1. The highest BCUT2D eigenvalue weighted by molar-refractivity contribution is 6.34. The Kier molecular flexibility index (Phi) is 5.34. The van der Waals surface area contributed by atoms with Gasteiger partial charge < -0.3 is 5.32 Å². The van der Waals surface area contributed by atoms with Crippen LogP contribution in [0.3, 0.4) is 0 Å². The van der Waals surface area contributed by atoms with Crippen molar-refractivity contribution in [3.63, 3.8) is 0 Å². The number of halogens is 1. The van der Waals surface area contributed by atoms with Gasteiger partial charge in [0, 0.05) is 12.1 Å². The predicted molar refractivity (Wildman–Crippen MR) is 89.8 cm³/mol. The summed E-state index contributed by atoms with van der Waals surface area (Å²) < 4.78 is 0. The predicted octanol–water partition coefficient (Wildman–Crippen LogP) is 4.30. The normalized spacial score (nSPS) is 11.8. The molecule has 5 nitrogen and oxygen atoms in total. The monoisotopic (exact) mass is 332 g/mol. The van der Waals surface area contributed by atoms with Crippen LogP contribution in [0.1, 0.15) is 41.4 Å². The molecule has 0 spiro atoms. The van der Waals surface area contributed by atoms with Crippen LogP contribution in [0.5, 0.6) is 0 Å². The first-order valence-corrected chi connectivity index (χ1v) is 7.63. The van der Waals surface area contributed by atoms with Gasteiger partial charge in [-0.2, -0.15) is 0 Å². The van der Waals surface area contributed by atoms with E-state index in [1.165, 1.54) is 23.8 Å². The maximum absolute atomic E-state index is 12.3. The van der Waals surface area contributed by atoms with E-state index in [1.54, 1.807) is 0 Å². The van der Waals surface area contributed by atoms with Crippen molar-refractivity contribution in [2.45, 2.75) is 26.3 Å². The highest BCUT2D eigenvalue weighted by Gasteiger charge is 2.17. The van der Waals surface area contributed by atoms with Crippen LogP contribution in [-0.4, -0.2) is 10.8 Å². The summed E-state index contributed by atoms with van der Waals surface area (Å²) in [5, 5.41) is 13.6. The largest absolute Gasteiger partial charge is 0.345 e. The van der Waals surface area contributed by atoms with E-state index in [9.17, 15) is 14.9 Å². The first-order valence-electron chi connectivity index (χ1n) is 7.26. The van der Waals surface area contributed by atoms with Crippen LogP contribution in [0.2, 0.25) is 5.02 Å². The first-order chi connectivity index (χ1) is 10.9. The molecule has 0 radical (unpaired) electrons. The molecule has 1 N–H and O–H groups in total. The van der Waals surface area contributed by atoms with Crippen molar-refractivity contribution >= 4 is 23.2 Å². The highest BCUT2D eigenvalue weighted by Crippen LogP contribution is 2.23. The number of non-ortho nitro benzene ring substituents is 1. The second-order valence-corrected chi connectivity index (χ2v) is 5.62. The van der Waals surface area contributed by atoms with Crippen LogP contribution >= 0.6 is 11.6 Å². The van der Waals surface area contributed by atoms with Crippen LogP contribution in [0, 0.1) is 10.1 Å². The van der Waals surface area contributed by atoms with Gasteiger partial charge in [0.1, 0.15) is 0 Å². The van der Waals surface area contributed by atoms with Crippen molar-refractivity contribution in [3.8, 4) is 0 Å². The Hall–Kier alpha value is -2.40. The van der Waals surface area contributed by atoms with E-state index in [2.05, 4.69) is 12.2 Å². The molecule has 1 amide bonds. The summed E-state index contributed by atoms with van der Waals surface area (Å²) in [4.78, 5) is 22.4. The van der Waals surface area contributed by atoms with E-state index in [0.717, 1.165) is 12.0 Å². The molecule has 2 rings (SSSR count). The molecule has 6 heteroatoms. The third-order valence-electron chi connectivity index (χ3n) is 3.64. The molecule has 0 saturated carbocycles. The fraction of sp³-hybridized carbons (Fsp3) is 0.235. The molecule has 120 valence electrons. The van der Waals surface area contributed by atoms with Gasteiger partial charge in [-0.25, -0.2) is 0 Å². The molecule has 0 heterocycles. The fourth-order valence-electron chi connectivity index (χ4n) is 2.20. The van der Waals surface area contributed by atoms with Crippen molar-refractivity contribution in [2.24, 2.45) is 0 Å². The number of aryl methyl sites for hydroxylation is 1. The number of benzene rings is 2. The Labute approximate surface area is 139 Å². The molecule has 0 unspecified atom stereocenters. The van der Waals surface area contributed by atoms with E-state index in [4.69, 9.17) is 11.6 Å². The summed E-state index contributed by atoms with van der Waals surface area (Å²) >= 11 is 5.97. The lowest BCUT2D eigenvalue weighted by Crippen LogP contribution is -2.26. The number of hydrogen-bond acceptors (Lipinski definition) is 3. The van der Waals surface area contributed by atoms with Crippen LogP contribution in [0.25, 0.3) is 0 Å². The molecular formula is C17H17ClN2O3. The summed E-state index contributed by atoms with van der Waals surface area (Å²) in [7, 11) is 0. The van der Waals surface area contributed by atoms with Crippen LogP contribution in [0.4, 0.5) is 5.69 Å². The molecule has 0 aliphatic heterocycles. The topological polar surface area (TPSA) is 72.2 Å². The lowest BCUT2D eigenvalue weighted by Gasteiger charge is -2.15. The first kappa shape index (κ1) is 17.0. The Balaban J connectivity index is 2.12. The summed E-state index contributed by atoms with van der Waals surface area (Å²) in [5.74, 6) is -0.364. The molecule has 0 bridgehead atoms. The van der Waals surface area contributed by atoms with E-state index in [0.29, 0.717) is 0 Å². The fourth-order valence-corrected chi connectivity index (χ4v) is 2.46. The Morgan fingerprint density at radius 3 is 2.43 bits per heavy atom. The minimum absolute atomic E-state index is 0.0604. The standard InChI is InChI=1S/C17H17ClN2O3/c1-3-12-4-6-13(7-5-12)11(2)19-17(21)15-9-8-14(20(22)23)10-16(15)18/h4-11H,3H2,1-2H3,(H,19,21)/t11-/m0/s1. The molecule has 0 aliphatic rings. The van der Waals surface area contributed by atoms with Crippen LogP contribution in [0.15, 0.2) is 42.5 Å². The number of nitro benzene ring substituents is 1. The van der Waals surface area contributed by atoms with Gasteiger partial charge in [0.05, 0.1) is 21.6 Å². The Morgan fingerprint density at radius 2 is 1.91 bits per heavy atom. The van der Waals surface area contributed by atoms with Gasteiger partial charge in [0.25, 0.3) is 11.6 Å². The third kappa shape index (κ3) is 4.07. The second-order valence-electron chi connectivity index (χ2n) is 5.21. The van der Waals surface area contributed by atoms with Crippen LogP contribution in [-0.2, 0) is 6.42 Å². The molecule has 2 aromatic carbocycles. The Bertz CT molecular complexity index is 729. The average Bonchev–Trinajstić information content (AvgIpc) is 2.54. The second kappa shape index (κ2) is 7.24. The van der Waals surface area contributed by atoms with E-state index >= 15 is 0 Å². The minimum Gasteiger partial charge on any atom is -0.345 e. The lowest BCUT2D eigenvalue weighted by atomic mass is 10.0. The van der Waals surface area contributed by atoms with Crippen molar-refractivity contribution in [2.75, 3.05) is 0 Å². The summed E-state index contributed by atoms with van der Waals surface area (Å²) in [5.41, 5.74) is 2.28. The quantitative estimate of drug-likeness (QED) is 0.655. The van der Waals surface area contributed by atoms with E-state index in [-0.39, 0.29) is 28.2 Å². The van der Waals surface area contributed by atoms with Crippen molar-refractivity contribution in [3.05, 3.63) is 74.3 Å². The SMILES string of the molecule is CCc1ccc([C@H](C)NC(=O)c2ccc([N+](=O)[O-])cc2Cl)cc1. The zero-order chi connectivity index (χ0) is 17.0. The molecule has 0 saturated heterocycles. The van der Waals surface area contributed by atoms with E-state index < -0.39 is 4.92 Å². The van der Waals surface area contributed by atoms with Gasteiger partial charge in [0.15, 0.2) is 0 Å². The van der Waals surface area contributed by atoms with Gasteiger partial charge in [0.2, 0.25) is 0 Å². The van der Waals surface area contributed by atoms with Gasteiger partial charge >= 0.3 is 0 Å². The summed E-state index contributed by atoms with van der Waals surface area (Å²) in [6.45, 7) is 3.95. The highest BCUT2D eigenvalue weighted by atomic mass is 35.5.